The predicted molar refractivity (Wildman–Crippen MR) is 159 cm³/mol. The summed E-state index contributed by atoms with van der Waals surface area (Å²) in [5.74, 6) is 0.190. The highest BCUT2D eigenvalue weighted by Crippen LogP contribution is 2.35. The zero-order valence-electron chi connectivity index (χ0n) is 24.5. The number of carbonyl (C=O) groups is 1. The van der Waals surface area contributed by atoms with Crippen LogP contribution in [0.25, 0.3) is 15.2 Å². The molecule has 4 aromatic rings. The van der Waals surface area contributed by atoms with Crippen LogP contribution in [0.15, 0.2) is 46.2 Å². The van der Waals surface area contributed by atoms with Crippen molar-refractivity contribution in [1.29, 1.82) is 0 Å². The van der Waals surface area contributed by atoms with Crippen LogP contribution in [0.4, 0.5) is 0 Å². The van der Waals surface area contributed by atoms with Crippen molar-refractivity contribution < 1.29 is 19.0 Å². The van der Waals surface area contributed by atoms with E-state index in [-0.39, 0.29) is 12.6 Å². The van der Waals surface area contributed by atoms with Crippen molar-refractivity contribution in [2.45, 2.75) is 64.8 Å². The molecule has 0 spiro atoms. The van der Waals surface area contributed by atoms with Crippen LogP contribution in [0, 0.1) is 6.92 Å². The lowest BCUT2D eigenvalue weighted by molar-refractivity contribution is -0.128. The van der Waals surface area contributed by atoms with Crippen molar-refractivity contribution in [3.8, 4) is 10.8 Å². The summed E-state index contributed by atoms with van der Waals surface area (Å²) < 4.78 is 20.5. The number of likely N-dealkylation sites (N-methyl/N-ethyl adjacent to an activating group) is 1. The Balaban J connectivity index is 1.75. The minimum atomic E-state index is -1.47. The van der Waals surface area contributed by atoms with Crippen LogP contribution in [-0.2, 0) is 26.4 Å². The zero-order chi connectivity index (χ0) is 30.0. The number of thiophene rings is 1. The highest BCUT2D eigenvalue weighted by Gasteiger charge is 2.36. The fourth-order valence-electron chi connectivity index (χ4n) is 5.34. The minimum Gasteiger partial charge on any atom is -0.496 e. The summed E-state index contributed by atoms with van der Waals surface area (Å²) in [7, 11) is 1.59. The van der Waals surface area contributed by atoms with Crippen molar-refractivity contribution in [2.75, 3.05) is 26.9 Å². The summed E-state index contributed by atoms with van der Waals surface area (Å²) in [6, 6.07) is 7.54. The van der Waals surface area contributed by atoms with Crippen LogP contribution >= 0.6 is 11.3 Å². The maximum absolute atomic E-state index is 14.4. The summed E-state index contributed by atoms with van der Waals surface area (Å²) in [4.78, 5) is 43.6. The number of fused-ring (bicyclic) bond motifs is 1. The summed E-state index contributed by atoms with van der Waals surface area (Å²) >= 11 is 1.25. The topological polar surface area (TPSA) is 132 Å². The molecule has 42 heavy (non-hydrogen) atoms. The molecular formula is C29H36N6O6S. The van der Waals surface area contributed by atoms with E-state index < -0.39 is 28.8 Å². The quantitative estimate of drug-likeness (QED) is 0.296. The predicted octanol–water partition coefficient (Wildman–Crippen LogP) is 2.93. The van der Waals surface area contributed by atoms with E-state index in [9.17, 15) is 14.4 Å². The van der Waals surface area contributed by atoms with Crippen LogP contribution in [0.2, 0.25) is 0 Å². The molecule has 1 fully saturated rings. The van der Waals surface area contributed by atoms with Gasteiger partial charge in [0.1, 0.15) is 27.2 Å². The molecule has 1 aliphatic rings. The van der Waals surface area contributed by atoms with Crippen LogP contribution in [0.3, 0.4) is 0 Å². The molecule has 1 saturated heterocycles. The number of methoxy groups -OCH3 is 1. The highest BCUT2D eigenvalue weighted by atomic mass is 32.1. The SMILES string of the molecule is CCNC(=O)C(C)(C)n1c(=O)c2c(C)c(-n3nccn3)sc2n(C[C@H](OC2CCOCC2)c2ccccc2OC)c1=O. The molecule has 0 bridgehead atoms. The lowest BCUT2D eigenvalue weighted by atomic mass is 10.0. The van der Waals surface area contributed by atoms with Crippen LogP contribution in [-0.4, -0.2) is 63.0 Å². The molecule has 3 aromatic heterocycles. The van der Waals surface area contributed by atoms with Crippen molar-refractivity contribution in [2.24, 2.45) is 0 Å². The molecule has 1 amide bonds. The Hall–Kier alpha value is -3.81. The van der Waals surface area contributed by atoms with E-state index in [2.05, 4.69) is 15.5 Å². The molecule has 0 saturated carbocycles. The minimum absolute atomic E-state index is 0.0742. The molecule has 1 aromatic carbocycles. The van der Waals surface area contributed by atoms with Gasteiger partial charge in [-0.3, -0.25) is 14.2 Å². The molecule has 13 heteroatoms. The summed E-state index contributed by atoms with van der Waals surface area (Å²) in [6.07, 6.45) is 3.84. The lowest BCUT2D eigenvalue weighted by Gasteiger charge is -2.30. The van der Waals surface area contributed by atoms with Gasteiger partial charge in [0.05, 0.1) is 37.5 Å². The maximum Gasteiger partial charge on any atom is 0.333 e. The second-order valence-corrected chi connectivity index (χ2v) is 11.6. The Morgan fingerprint density at radius 3 is 2.55 bits per heavy atom. The average molecular weight is 597 g/mol. The molecule has 1 atom stereocenters. The summed E-state index contributed by atoms with van der Waals surface area (Å²) in [5, 5.41) is 12.2. The third-order valence-corrected chi connectivity index (χ3v) is 8.88. The average Bonchev–Trinajstić information content (AvgIpc) is 3.63. The number of ether oxygens (including phenoxy) is 3. The number of benzene rings is 1. The van der Waals surface area contributed by atoms with Gasteiger partial charge in [-0.1, -0.05) is 29.5 Å². The van der Waals surface area contributed by atoms with E-state index in [4.69, 9.17) is 14.2 Å². The smallest absolute Gasteiger partial charge is 0.333 e. The number of carbonyl (C=O) groups excluding carboxylic acids is 1. The van der Waals surface area contributed by atoms with Gasteiger partial charge in [0.15, 0.2) is 0 Å². The number of nitrogens with zero attached hydrogens (tertiary/aromatic N) is 5. The number of rotatable bonds is 10. The molecule has 5 rings (SSSR count). The Morgan fingerprint density at radius 1 is 1.19 bits per heavy atom. The first-order valence-electron chi connectivity index (χ1n) is 14.0. The Labute approximate surface area is 246 Å². The Kier molecular flexibility index (Phi) is 8.62. The Morgan fingerprint density at radius 2 is 1.88 bits per heavy atom. The van der Waals surface area contributed by atoms with Crippen LogP contribution in [0.1, 0.15) is 50.8 Å². The molecule has 1 N–H and O–H groups in total. The van der Waals surface area contributed by atoms with Gasteiger partial charge in [-0.15, -0.1) is 4.80 Å². The first-order valence-corrected chi connectivity index (χ1v) is 14.8. The summed E-state index contributed by atoms with van der Waals surface area (Å²) in [5.41, 5.74) is -1.24. The van der Waals surface area contributed by atoms with Gasteiger partial charge in [-0.25, -0.2) is 9.36 Å². The molecule has 1 aliphatic heterocycles. The normalized spacial score (nSPS) is 15.2. The number of aryl methyl sites for hydroxylation is 1. The molecule has 4 heterocycles. The number of para-hydroxylation sites is 1. The number of nitrogens with one attached hydrogen (secondary N) is 1. The first kappa shape index (κ1) is 29.7. The molecule has 12 nitrogen and oxygen atoms in total. The number of amides is 1. The molecule has 0 aliphatic carbocycles. The number of hydrogen-bond donors (Lipinski definition) is 1. The first-order chi connectivity index (χ1) is 20.2. The largest absolute Gasteiger partial charge is 0.496 e. The number of aromatic nitrogens is 5. The van der Waals surface area contributed by atoms with E-state index in [1.807, 2.05) is 24.3 Å². The van der Waals surface area contributed by atoms with Gasteiger partial charge in [0.2, 0.25) is 5.91 Å². The van der Waals surface area contributed by atoms with Crippen LogP contribution in [0.5, 0.6) is 5.75 Å². The lowest BCUT2D eigenvalue weighted by Crippen LogP contribution is -2.55. The van der Waals surface area contributed by atoms with E-state index in [1.54, 1.807) is 51.8 Å². The zero-order valence-corrected chi connectivity index (χ0v) is 25.3. The van der Waals surface area contributed by atoms with E-state index in [0.29, 0.717) is 59.1 Å². The van der Waals surface area contributed by atoms with Crippen molar-refractivity contribution in [3.63, 3.8) is 0 Å². The van der Waals surface area contributed by atoms with Gasteiger partial charge >= 0.3 is 5.69 Å². The highest BCUT2D eigenvalue weighted by molar-refractivity contribution is 7.21. The van der Waals surface area contributed by atoms with E-state index in [0.717, 1.165) is 10.1 Å². The fourth-order valence-corrected chi connectivity index (χ4v) is 6.56. The molecular weight excluding hydrogens is 560 g/mol. The maximum atomic E-state index is 14.4. The molecule has 0 unspecified atom stereocenters. The van der Waals surface area contributed by atoms with Crippen LogP contribution < -0.4 is 21.3 Å². The van der Waals surface area contributed by atoms with E-state index >= 15 is 0 Å². The standard InChI is InChI=1S/C29H36N6O6S/c1-6-30-27(37)29(3,4)34-24(36)23-18(2)25(35-31-13-14-32-35)42-26(23)33(28(34)38)17-22(41-19-11-15-40-16-12-19)20-9-7-8-10-21(20)39-5/h7-10,13-14,19,22H,6,11-12,15-17H2,1-5H3,(H,30,37)/t22-/m0/s1. The van der Waals surface area contributed by atoms with Crippen molar-refractivity contribution in [3.05, 3.63) is 68.6 Å². The number of hydrogen-bond acceptors (Lipinski definition) is 9. The second kappa shape index (κ2) is 12.2. The van der Waals surface area contributed by atoms with Gasteiger partial charge in [0, 0.05) is 30.9 Å². The van der Waals surface area contributed by atoms with Gasteiger partial charge < -0.3 is 19.5 Å². The summed E-state index contributed by atoms with van der Waals surface area (Å²) in [6.45, 7) is 8.34. The third-order valence-electron chi connectivity index (χ3n) is 7.60. The monoisotopic (exact) mass is 596 g/mol. The molecule has 0 radical (unpaired) electrons. The van der Waals surface area contributed by atoms with Crippen molar-refractivity contribution >= 4 is 27.5 Å². The van der Waals surface area contributed by atoms with Gasteiger partial charge in [-0.2, -0.15) is 10.2 Å². The Bertz CT molecular complexity index is 1680. The third kappa shape index (κ3) is 5.39. The van der Waals surface area contributed by atoms with Gasteiger partial charge in [0.25, 0.3) is 5.56 Å². The molecule has 224 valence electrons. The van der Waals surface area contributed by atoms with Crippen molar-refractivity contribution in [1.82, 2.24) is 29.4 Å². The fraction of sp³-hybridized carbons (Fsp3) is 0.483. The second-order valence-electron chi connectivity index (χ2n) is 10.7. The van der Waals surface area contributed by atoms with E-state index in [1.165, 1.54) is 16.1 Å². The van der Waals surface area contributed by atoms with Gasteiger partial charge in [-0.05, 0) is 46.6 Å².